The lowest BCUT2D eigenvalue weighted by Crippen LogP contribution is -2.33. The van der Waals surface area contributed by atoms with Gasteiger partial charge in [0.1, 0.15) is 0 Å². The Morgan fingerprint density at radius 3 is 2.57 bits per heavy atom. The van der Waals surface area contributed by atoms with Gasteiger partial charge in [0.25, 0.3) is 0 Å². The summed E-state index contributed by atoms with van der Waals surface area (Å²) in [5.74, 6) is 0.864. The van der Waals surface area contributed by atoms with Gasteiger partial charge in [-0.05, 0) is 49.2 Å². The number of aromatic nitrogens is 1. The van der Waals surface area contributed by atoms with E-state index in [1.807, 2.05) is 36.4 Å². The number of anilines is 1. The van der Waals surface area contributed by atoms with E-state index in [4.69, 9.17) is 16.6 Å². The molecular formula is C16H17ClN4. The Kier molecular flexibility index (Phi) is 4.36. The van der Waals surface area contributed by atoms with Crippen LogP contribution in [0.25, 0.3) is 0 Å². The van der Waals surface area contributed by atoms with E-state index < -0.39 is 0 Å². The number of benzene rings is 1. The first-order valence-electron chi connectivity index (χ1n) is 7.07. The molecule has 2 aromatic rings. The average molecular weight is 301 g/mol. The Morgan fingerprint density at radius 1 is 1.14 bits per heavy atom. The minimum atomic E-state index is 0.719. The summed E-state index contributed by atoms with van der Waals surface area (Å²) in [5.41, 5.74) is 1.83. The second-order valence-corrected chi connectivity index (χ2v) is 5.41. The lowest BCUT2D eigenvalue weighted by molar-refractivity contribution is 0.518. The van der Waals surface area contributed by atoms with Crippen LogP contribution in [0.1, 0.15) is 12.8 Å². The van der Waals surface area contributed by atoms with Gasteiger partial charge in [-0.15, -0.1) is 0 Å². The molecule has 0 aliphatic carbocycles. The number of hydrogen-bond donors (Lipinski definition) is 1. The van der Waals surface area contributed by atoms with Crippen molar-refractivity contribution in [3.63, 3.8) is 0 Å². The molecule has 2 heterocycles. The van der Waals surface area contributed by atoms with E-state index in [2.05, 4.69) is 15.2 Å². The fourth-order valence-corrected chi connectivity index (χ4v) is 2.44. The number of halogens is 1. The number of rotatable bonds is 2. The van der Waals surface area contributed by atoms with Crippen LogP contribution < -0.4 is 5.32 Å². The van der Waals surface area contributed by atoms with E-state index >= 15 is 0 Å². The number of aliphatic imine (C=N–C) groups is 1. The molecule has 1 N–H and O–H groups in total. The number of nitrogens with zero attached hydrogens (tertiary/aromatic N) is 3. The second kappa shape index (κ2) is 6.59. The number of hydrogen-bond acceptors (Lipinski definition) is 2. The van der Waals surface area contributed by atoms with Gasteiger partial charge in [0.2, 0.25) is 5.96 Å². The van der Waals surface area contributed by atoms with Crippen LogP contribution in [0.15, 0.2) is 53.8 Å². The standard InChI is InChI=1S/C16H17ClN4/c17-13-5-7-14(8-6-13)19-16(21-10-1-2-11-21)20-15-4-3-9-18-12-15/h3-9,12H,1-2,10-11H2,(H,19,20). The van der Waals surface area contributed by atoms with E-state index in [1.54, 1.807) is 12.4 Å². The highest BCUT2D eigenvalue weighted by molar-refractivity contribution is 6.30. The third-order valence-electron chi connectivity index (χ3n) is 3.38. The second-order valence-electron chi connectivity index (χ2n) is 4.97. The van der Waals surface area contributed by atoms with Gasteiger partial charge in [-0.1, -0.05) is 11.6 Å². The van der Waals surface area contributed by atoms with Crippen molar-refractivity contribution in [2.75, 3.05) is 18.4 Å². The highest BCUT2D eigenvalue weighted by Gasteiger charge is 2.16. The molecular weight excluding hydrogens is 284 g/mol. The van der Waals surface area contributed by atoms with Crippen LogP contribution in [0.5, 0.6) is 0 Å². The zero-order valence-electron chi connectivity index (χ0n) is 11.7. The monoisotopic (exact) mass is 300 g/mol. The van der Waals surface area contributed by atoms with Gasteiger partial charge in [-0.3, -0.25) is 4.98 Å². The molecule has 1 aromatic carbocycles. The Morgan fingerprint density at radius 2 is 1.90 bits per heavy atom. The number of likely N-dealkylation sites (tertiary alicyclic amines) is 1. The van der Waals surface area contributed by atoms with Crippen LogP contribution in [0, 0.1) is 0 Å². The molecule has 0 bridgehead atoms. The predicted molar refractivity (Wildman–Crippen MR) is 87.2 cm³/mol. The Balaban J connectivity index is 1.86. The first kappa shape index (κ1) is 13.9. The van der Waals surface area contributed by atoms with Crippen LogP contribution in [-0.4, -0.2) is 28.9 Å². The van der Waals surface area contributed by atoms with Crippen LogP contribution in [0.2, 0.25) is 5.02 Å². The summed E-state index contributed by atoms with van der Waals surface area (Å²) in [6.45, 7) is 2.05. The number of guanidine groups is 1. The maximum absolute atomic E-state index is 5.92. The Bertz CT molecular complexity index is 604. The highest BCUT2D eigenvalue weighted by Crippen LogP contribution is 2.19. The highest BCUT2D eigenvalue weighted by atomic mass is 35.5. The molecule has 108 valence electrons. The van der Waals surface area contributed by atoms with Gasteiger partial charge in [0.15, 0.2) is 0 Å². The molecule has 1 fully saturated rings. The van der Waals surface area contributed by atoms with Gasteiger partial charge in [0, 0.05) is 24.3 Å². The quantitative estimate of drug-likeness (QED) is 0.675. The number of pyridine rings is 1. The third kappa shape index (κ3) is 3.73. The van der Waals surface area contributed by atoms with Crippen molar-refractivity contribution < 1.29 is 0 Å². The topological polar surface area (TPSA) is 40.5 Å². The molecule has 0 atom stereocenters. The van der Waals surface area contributed by atoms with Crippen molar-refractivity contribution in [2.24, 2.45) is 4.99 Å². The predicted octanol–water partition coefficient (Wildman–Crippen LogP) is 3.93. The SMILES string of the molecule is Clc1ccc(N=C(Nc2cccnc2)N2CCCC2)cc1. The molecule has 1 aliphatic heterocycles. The molecule has 0 amide bonds. The van der Waals surface area contributed by atoms with Crippen LogP contribution in [0.4, 0.5) is 11.4 Å². The maximum atomic E-state index is 5.92. The fraction of sp³-hybridized carbons (Fsp3) is 0.250. The van der Waals surface area contributed by atoms with E-state index in [1.165, 1.54) is 12.8 Å². The van der Waals surface area contributed by atoms with Crippen molar-refractivity contribution in [2.45, 2.75) is 12.8 Å². The van der Waals surface area contributed by atoms with E-state index in [0.717, 1.165) is 35.4 Å². The smallest absolute Gasteiger partial charge is 0.203 e. The molecule has 3 rings (SSSR count). The van der Waals surface area contributed by atoms with Gasteiger partial charge in [-0.25, -0.2) is 4.99 Å². The summed E-state index contributed by atoms with van der Waals surface area (Å²) in [7, 11) is 0. The van der Waals surface area contributed by atoms with Crippen molar-refractivity contribution in [1.82, 2.24) is 9.88 Å². The lowest BCUT2D eigenvalue weighted by atomic mass is 10.3. The summed E-state index contributed by atoms with van der Waals surface area (Å²) < 4.78 is 0. The summed E-state index contributed by atoms with van der Waals surface area (Å²) in [6, 6.07) is 11.4. The lowest BCUT2D eigenvalue weighted by Gasteiger charge is -2.21. The van der Waals surface area contributed by atoms with Gasteiger partial charge in [-0.2, -0.15) is 0 Å². The first-order valence-corrected chi connectivity index (χ1v) is 7.45. The minimum Gasteiger partial charge on any atom is -0.342 e. The van der Waals surface area contributed by atoms with E-state index in [9.17, 15) is 0 Å². The van der Waals surface area contributed by atoms with Crippen LogP contribution >= 0.6 is 11.6 Å². The average Bonchev–Trinajstić information content (AvgIpc) is 3.04. The summed E-state index contributed by atoms with van der Waals surface area (Å²) in [5, 5.41) is 4.08. The van der Waals surface area contributed by atoms with Crippen LogP contribution in [0.3, 0.4) is 0 Å². The van der Waals surface area contributed by atoms with Gasteiger partial charge < -0.3 is 10.2 Å². The third-order valence-corrected chi connectivity index (χ3v) is 3.64. The van der Waals surface area contributed by atoms with Crippen molar-refractivity contribution in [1.29, 1.82) is 0 Å². The van der Waals surface area contributed by atoms with Crippen molar-refractivity contribution in [3.05, 3.63) is 53.8 Å². The zero-order chi connectivity index (χ0) is 14.5. The Labute approximate surface area is 129 Å². The molecule has 5 heteroatoms. The molecule has 0 spiro atoms. The Hall–Kier alpha value is -2.07. The molecule has 0 radical (unpaired) electrons. The molecule has 1 aliphatic rings. The summed E-state index contributed by atoms with van der Waals surface area (Å²) >= 11 is 5.92. The normalized spacial score (nSPS) is 15.3. The fourth-order valence-electron chi connectivity index (χ4n) is 2.31. The summed E-state index contributed by atoms with van der Waals surface area (Å²) in [6.07, 6.45) is 5.97. The summed E-state index contributed by atoms with van der Waals surface area (Å²) in [4.78, 5) is 11.1. The van der Waals surface area contributed by atoms with Crippen molar-refractivity contribution >= 4 is 28.9 Å². The minimum absolute atomic E-state index is 0.719. The van der Waals surface area contributed by atoms with Gasteiger partial charge in [0.05, 0.1) is 17.6 Å². The zero-order valence-corrected chi connectivity index (χ0v) is 12.4. The molecule has 1 saturated heterocycles. The largest absolute Gasteiger partial charge is 0.342 e. The van der Waals surface area contributed by atoms with Crippen LogP contribution in [-0.2, 0) is 0 Å². The molecule has 21 heavy (non-hydrogen) atoms. The van der Waals surface area contributed by atoms with Crippen molar-refractivity contribution in [3.8, 4) is 0 Å². The first-order chi connectivity index (χ1) is 10.3. The molecule has 0 unspecified atom stereocenters. The van der Waals surface area contributed by atoms with E-state index in [0.29, 0.717) is 0 Å². The number of nitrogens with one attached hydrogen (secondary N) is 1. The molecule has 0 saturated carbocycles. The van der Waals surface area contributed by atoms with E-state index in [-0.39, 0.29) is 0 Å². The maximum Gasteiger partial charge on any atom is 0.203 e. The molecule has 1 aromatic heterocycles. The van der Waals surface area contributed by atoms with Gasteiger partial charge >= 0.3 is 0 Å². The molecule has 4 nitrogen and oxygen atoms in total.